The van der Waals surface area contributed by atoms with E-state index in [1.54, 1.807) is 31.4 Å². The molecular formula is C33H60O5Si. The van der Waals surface area contributed by atoms with Gasteiger partial charge in [0.25, 0.3) is 0 Å². The molecule has 1 aromatic rings. The zero-order valence-corrected chi connectivity index (χ0v) is 27.4. The van der Waals surface area contributed by atoms with Crippen molar-refractivity contribution in [2.45, 2.75) is 142 Å². The number of hydrogen-bond acceptors (Lipinski definition) is 5. The van der Waals surface area contributed by atoms with E-state index >= 15 is 0 Å². The summed E-state index contributed by atoms with van der Waals surface area (Å²) in [5.41, 5.74) is 0.500. The van der Waals surface area contributed by atoms with Crippen LogP contribution >= 0.6 is 0 Å². The SMILES string of the molecule is CCCCCCCCCCCCCCCCOC[C@@H](CO[Si](C)(C)C(C)(C)C)OC(=O)c1ccc(OC)cc1. The zero-order chi connectivity index (χ0) is 29.0. The normalized spacial score (nSPS) is 12.9. The number of esters is 1. The van der Waals surface area contributed by atoms with Gasteiger partial charge >= 0.3 is 5.97 Å². The Morgan fingerprint density at radius 1 is 0.769 bits per heavy atom. The maximum absolute atomic E-state index is 12.8. The van der Waals surface area contributed by atoms with Crippen LogP contribution in [-0.2, 0) is 13.9 Å². The van der Waals surface area contributed by atoms with E-state index in [1.807, 2.05) is 0 Å². The topological polar surface area (TPSA) is 54.0 Å². The second kappa shape index (κ2) is 20.5. The van der Waals surface area contributed by atoms with Crippen LogP contribution in [0.5, 0.6) is 5.75 Å². The minimum atomic E-state index is -1.97. The molecule has 0 unspecified atom stereocenters. The summed E-state index contributed by atoms with van der Waals surface area (Å²) in [6.45, 7) is 14.7. The molecule has 0 aliphatic heterocycles. The lowest BCUT2D eigenvalue weighted by Gasteiger charge is -2.37. The van der Waals surface area contributed by atoms with Gasteiger partial charge < -0.3 is 18.6 Å². The molecule has 5 nitrogen and oxygen atoms in total. The summed E-state index contributed by atoms with van der Waals surface area (Å²) in [5, 5.41) is 0.0899. The Morgan fingerprint density at radius 2 is 1.26 bits per heavy atom. The first kappa shape index (κ1) is 35.7. The predicted octanol–water partition coefficient (Wildman–Crippen LogP) is 9.74. The first-order valence-electron chi connectivity index (χ1n) is 15.7. The number of carbonyl (C=O) groups excluding carboxylic acids is 1. The molecule has 0 spiro atoms. The third-order valence-electron chi connectivity index (χ3n) is 7.98. The van der Waals surface area contributed by atoms with Gasteiger partial charge in [0, 0.05) is 6.61 Å². The average molecular weight is 565 g/mol. The Labute approximate surface area is 241 Å². The molecule has 0 aliphatic carbocycles. The number of unbranched alkanes of at least 4 members (excludes halogenated alkanes) is 13. The minimum absolute atomic E-state index is 0.0899. The average Bonchev–Trinajstić information content (AvgIpc) is 2.90. The molecule has 0 aromatic heterocycles. The highest BCUT2D eigenvalue weighted by Gasteiger charge is 2.38. The highest BCUT2D eigenvalue weighted by atomic mass is 28.4. The fourth-order valence-electron chi connectivity index (χ4n) is 4.19. The van der Waals surface area contributed by atoms with Crippen molar-refractivity contribution in [1.29, 1.82) is 0 Å². The first-order valence-corrected chi connectivity index (χ1v) is 18.6. The Morgan fingerprint density at radius 3 is 1.72 bits per heavy atom. The molecule has 226 valence electrons. The molecular weight excluding hydrogens is 504 g/mol. The first-order chi connectivity index (χ1) is 18.6. The molecule has 0 heterocycles. The molecule has 0 aliphatic rings. The molecule has 39 heavy (non-hydrogen) atoms. The molecule has 6 heteroatoms. The molecule has 0 N–H and O–H groups in total. The Balaban J connectivity index is 2.29. The summed E-state index contributed by atoms with van der Waals surface area (Å²) in [4.78, 5) is 12.8. The van der Waals surface area contributed by atoms with Crippen molar-refractivity contribution in [2.75, 3.05) is 26.9 Å². The summed E-state index contributed by atoms with van der Waals surface area (Å²) >= 11 is 0. The van der Waals surface area contributed by atoms with E-state index < -0.39 is 14.4 Å². The van der Waals surface area contributed by atoms with Crippen LogP contribution in [0.15, 0.2) is 24.3 Å². The Kier molecular flexibility index (Phi) is 18.7. The van der Waals surface area contributed by atoms with Gasteiger partial charge in [-0.1, -0.05) is 111 Å². The lowest BCUT2D eigenvalue weighted by atomic mass is 10.0. The van der Waals surface area contributed by atoms with Crippen molar-refractivity contribution in [3.8, 4) is 5.75 Å². The molecule has 0 fully saturated rings. The maximum Gasteiger partial charge on any atom is 0.338 e. The van der Waals surface area contributed by atoms with Crippen molar-refractivity contribution >= 4 is 14.3 Å². The summed E-state index contributed by atoms with van der Waals surface area (Å²) in [6, 6.07) is 6.98. The highest BCUT2D eigenvalue weighted by Crippen LogP contribution is 2.36. The van der Waals surface area contributed by atoms with Crippen LogP contribution in [0.2, 0.25) is 18.1 Å². The number of hydrogen-bond donors (Lipinski definition) is 0. The molecule has 0 amide bonds. The van der Waals surface area contributed by atoms with Crippen LogP contribution in [0, 0.1) is 0 Å². The molecule has 0 saturated carbocycles. The number of methoxy groups -OCH3 is 1. The lowest BCUT2D eigenvalue weighted by molar-refractivity contribution is -0.0222. The van der Waals surface area contributed by atoms with E-state index in [9.17, 15) is 4.79 Å². The second-order valence-corrected chi connectivity index (χ2v) is 17.3. The smallest absolute Gasteiger partial charge is 0.338 e. The standard InChI is InChI=1S/C33H60O5Si/c1-8-9-10-11-12-13-14-15-16-17-18-19-20-21-26-36-27-31(28-37-39(6,7)33(2,3)4)38-32(34)29-22-24-30(35-5)25-23-29/h22-25,31H,8-21,26-28H2,1-7H3/t31-/m0/s1. The number of ether oxygens (including phenoxy) is 3. The van der Waals surface area contributed by atoms with Gasteiger partial charge in [0.05, 0.1) is 25.9 Å². The summed E-state index contributed by atoms with van der Waals surface area (Å²) < 4.78 is 23.4. The van der Waals surface area contributed by atoms with Gasteiger partial charge in [0.2, 0.25) is 0 Å². The van der Waals surface area contributed by atoms with Crippen LogP contribution in [0.4, 0.5) is 0 Å². The zero-order valence-electron chi connectivity index (χ0n) is 26.4. The van der Waals surface area contributed by atoms with E-state index in [0.29, 0.717) is 31.1 Å². The van der Waals surface area contributed by atoms with Crippen LogP contribution < -0.4 is 4.74 Å². The van der Waals surface area contributed by atoms with Gasteiger partial charge in [-0.3, -0.25) is 0 Å². The van der Waals surface area contributed by atoms with Crippen molar-refractivity contribution in [3.05, 3.63) is 29.8 Å². The van der Waals surface area contributed by atoms with E-state index in [1.165, 1.54) is 83.5 Å². The van der Waals surface area contributed by atoms with Crippen LogP contribution in [0.1, 0.15) is 128 Å². The van der Waals surface area contributed by atoms with Crippen LogP contribution in [0.3, 0.4) is 0 Å². The molecule has 0 radical (unpaired) electrons. The van der Waals surface area contributed by atoms with Gasteiger partial charge in [-0.2, -0.15) is 0 Å². The quantitative estimate of drug-likeness (QED) is 0.0752. The number of carbonyl (C=O) groups is 1. The molecule has 1 aromatic carbocycles. The molecule has 0 bridgehead atoms. The molecule has 0 saturated heterocycles. The number of rotatable bonds is 23. The Hall–Kier alpha value is -1.37. The summed E-state index contributed by atoms with van der Waals surface area (Å²) in [5.74, 6) is 0.349. The fraction of sp³-hybridized carbons (Fsp3) is 0.788. The fourth-order valence-corrected chi connectivity index (χ4v) is 5.23. The molecule has 1 atom stereocenters. The van der Waals surface area contributed by atoms with Gasteiger partial charge in [0.15, 0.2) is 8.32 Å². The third-order valence-corrected chi connectivity index (χ3v) is 12.5. The lowest BCUT2D eigenvalue weighted by Crippen LogP contribution is -2.44. The Bertz CT molecular complexity index is 741. The largest absolute Gasteiger partial charge is 0.497 e. The van der Waals surface area contributed by atoms with Gasteiger partial charge in [-0.25, -0.2) is 4.79 Å². The summed E-state index contributed by atoms with van der Waals surface area (Å²) in [7, 11) is -0.357. The van der Waals surface area contributed by atoms with Gasteiger partial charge in [-0.15, -0.1) is 0 Å². The second-order valence-electron chi connectivity index (χ2n) is 12.5. The van der Waals surface area contributed by atoms with E-state index in [2.05, 4.69) is 40.8 Å². The van der Waals surface area contributed by atoms with Crippen molar-refractivity contribution in [3.63, 3.8) is 0 Å². The number of benzene rings is 1. The van der Waals surface area contributed by atoms with E-state index in [-0.39, 0.29) is 11.0 Å². The summed E-state index contributed by atoms with van der Waals surface area (Å²) in [6.07, 6.45) is 18.3. The maximum atomic E-state index is 12.8. The van der Waals surface area contributed by atoms with Crippen molar-refractivity contribution in [1.82, 2.24) is 0 Å². The molecule has 1 rings (SSSR count). The van der Waals surface area contributed by atoms with Gasteiger partial charge in [-0.05, 0) is 48.8 Å². The predicted molar refractivity (Wildman–Crippen MR) is 166 cm³/mol. The highest BCUT2D eigenvalue weighted by molar-refractivity contribution is 6.74. The minimum Gasteiger partial charge on any atom is -0.497 e. The van der Waals surface area contributed by atoms with E-state index in [4.69, 9.17) is 18.6 Å². The van der Waals surface area contributed by atoms with Gasteiger partial charge in [0.1, 0.15) is 11.9 Å². The third kappa shape index (κ3) is 16.5. The monoisotopic (exact) mass is 564 g/mol. The van der Waals surface area contributed by atoms with Crippen molar-refractivity contribution < 1.29 is 23.4 Å². The van der Waals surface area contributed by atoms with Crippen LogP contribution in [-0.4, -0.2) is 47.3 Å². The van der Waals surface area contributed by atoms with E-state index in [0.717, 1.165) is 6.42 Å². The van der Waals surface area contributed by atoms with Crippen LogP contribution in [0.25, 0.3) is 0 Å². The van der Waals surface area contributed by atoms with Crippen molar-refractivity contribution in [2.24, 2.45) is 0 Å².